The molecule has 0 amide bonds. The Labute approximate surface area is 204 Å². The van der Waals surface area contributed by atoms with E-state index in [0.717, 1.165) is 22.3 Å². The van der Waals surface area contributed by atoms with Gasteiger partial charge >= 0.3 is 17.9 Å². The molecule has 3 aliphatic carbocycles. The Bertz CT molecular complexity index is 1150. The molecule has 1 heterocycles. The van der Waals surface area contributed by atoms with Crippen molar-refractivity contribution in [2.45, 2.75) is 37.9 Å². The van der Waals surface area contributed by atoms with Crippen molar-refractivity contribution in [2.75, 3.05) is 19.8 Å². The summed E-state index contributed by atoms with van der Waals surface area (Å²) in [5.74, 6) is -3.06. The predicted octanol–water partition coefficient (Wildman–Crippen LogP) is 3.64. The van der Waals surface area contributed by atoms with Gasteiger partial charge in [-0.2, -0.15) is 0 Å². The number of carbonyl (C=O) groups is 3. The molecule has 7 heteroatoms. The van der Waals surface area contributed by atoms with Crippen LogP contribution >= 0.6 is 0 Å². The van der Waals surface area contributed by atoms with Gasteiger partial charge in [0.15, 0.2) is 0 Å². The second-order valence-electron chi connectivity index (χ2n) is 9.39. The maximum atomic E-state index is 13.0. The van der Waals surface area contributed by atoms with Crippen molar-refractivity contribution in [3.05, 3.63) is 82.9 Å². The average Bonchev–Trinajstić information content (AvgIpc) is 3.17. The fraction of sp³-hybridized carbons (Fsp3) is 0.393. The highest BCUT2D eigenvalue weighted by molar-refractivity contribution is 6.00. The third kappa shape index (κ3) is 3.70. The van der Waals surface area contributed by atoms with Crippen LogP contribution in [0.3, 0.4) is 0 Å². The molecule has 0 radical (unpaired) electrons. The SMILES string of the molecule is C=C(C)C(=O)OCCCOC(C)COC12c3ccccc3C(c3ccccc31)C1C(=O)OC(=O)C12. The normalized spacial score (nSPS) is 26.4. The average molecular weight is 477 g/mol. The minimum atomic E-state index is -1.13. The van der Waals surface area contributed by atoms with E-state index in [1.165, 1.54) is 0 Å². The molecule has 1 fully saturated rings. The standard InChI is InChI=1S/C28H28O7/c1-16(2)25(29)33-14-8-13-32-17(3)15-34-28-20-11-6-4-9-18(20)22(19-10-5-7-12-21(19)28)23-24(28)27(31)35-26(23)30/h4-7,9-12,17,22-24H,1,8,13-15H2,2-3H3. The molecule has 3 unspecified atom stereocenters. The van der Waals surface area contributed by atoms with E-state index >= 15 is 0 Å². The highest BCUT2D eigenvalue weighted by Gasteiger charge is 2.68. The van der Waals surface area contributed by atoms with E-state index in [-0.39, 0.29) is 25.2 Å². The van der Waals surface area contributed by atoms with Gasteiger partial charge in [-0.3, -0.25) is 9.59 Å². The van der Waals surface area contributed by atoms with Gasteiger partial charge < -0.3 is 18.9 Å². The van der Waals surface area contributed by atoms with Crippen LogP contribution in [0.2, 0.25) is 0 Å². The van der Waals surface area contributed by atoms with Crippen molar-refractivity contribution >= 4 is 17.9 Å². The summed E-state index contributed by atoms with van der Waals surface area (Å²) in [4.78, 5) is 37.3. The van der Waals surface area contributed by atoms with Crippen molar-refractivity contribution in [1.82, 2.24) is 0 Å². The Morgan fingerprint density at radius 2 is 1.66 bits per heavy atom. The molecular weight excluding hydrogens is 448 g/mol. The van der Waals surface area contributed by atoms with E-state index in [1.54, 1.807) is 6.92 Å². The van der Waals surface area contributed by atoms with Crippen molar-refractivity contribution < 1.29 is 33.3 Å². The molecule has 3 atom stereocenters. The Morgan fingerprint density at radius 1 is 1.03 bits per heavy atom. The van der Waals surface area contributed by atoms with Crippen LogP contribution < -0.4 is 0 Å². The van der Waals surface area contributed by atoms with E-state index in [1.807, 2.05) is 55.5 Å². The van der Waals surface area contributed by atoms with Crippen LogP contribution in [-0.4, -0.2) is 43.8 Å². The largest absolute Gasteiger partial charge is 0.462 e. The van der Waals surface area contributed by atoms with Crippen LogP contribution in [0.5, 0.6) is 0 Å². The molecule has 2 aromatic carbocycles. The van der Waals surface area contributed by atoms with Gasteiger partial charge in [-0.15, -0.1) is 0 Å². The molecule has 2 aromatic rings. The first kappa shape index (κ1) is 23.5. The van der Waals surface area contributed by atoms with Crippen molar-refractivity contribution in [3.63, 3.8) is 0 Å². The zero-order valence-corrected chi connectivity index (χ0v) is 19.8. The van der Waals surface area contributed by atoms with Crippen LogP contribution in [0, 0.1) is 11.8 Å². The van der Waals surface area contributed by atoms with Gasteiger partial charge in [-0.25, -0.2) is 4.79 Å². The van der Waals surface area contributed by atoms with Crippen molar-refractivity contribution in [2.24, 2.45) is 11.8 Å². The Hall–Kier alpha value is -3.29. The van der Waals surface area contributed by atoms with Crippen LogP contribution in [0.4, 0.5) is 0 Å². The highest BCUT2D eigenvalue weighted by Crippen LogP contribution is 2.64. The highest BCUT2D eigenvalue weighted by atomic mass is 16.6. The van der Waals surface area contributed by atoms with Gasteiger partial charge in [0.25, 0.3) is 0 Å². The summed E-state index contributed by atoms with van der Waals surface area (Å²) in [6.45, 7) is 7.86. The number of carbonyl (C=O) groups excluding carboxylic acids is 3. The Balaban J connectivity index is 1.39. The Kier molecular flexibility index (Phi) is 6.07. The number of hydrogen-bond donors (Lipinski definition) is 0. The molecule has 182 valence electrons. The predicted molar refractivity (Wildman–Crippen MR) is 125 cm³/mol. The summed E-state index contributed by atoms with van der Waals surface area (Å²) >= 11 is 0. The molecule has 6 rings (SSSR count). The molecule has 35 heavy (non-hydrogen) atoms. The minimum Gasteiger partial charge on any atom is -0.462 e. The molecule has 2 bridgehead atoms. The van der Waals surface area contributed by atoms with Crippen LogP contribution in [0.1, 0.15) is 48.4 Å². The van der Waals surface area contributed by atoms with E-state index in [0.29, 0.717) is 18.6 Å². The lowest BCUT2D eigenvalue weighted by molar-refractivity contribution is -0.160. The van der Waals surface area contributed by atoms with Gasteiger partial charge in [-0.05, 0) is 36.1 Å². The lowest BCUT2D eigenvalue weighted by Crippen LogP contribution is -2.55. The number of benzene rings is 2. The van der Waals surface area contributed by atoms with Gasteiger partial charge in [0, 0.05) is 17.9 Å². The van der Waals surface area contributed by atoms with E-state index in [9.17, 15) is 14.4 Å². The van der Waals surface area contributed by atoms with Gasteiger partial charge in [-0.1, -0.05) is 55.1 Å². The molecule has 1 aliphatic heterocycles. The smallest absolute Gasteiger partial charge is 0.333 e. The molecule has 0 aromatic heterocycles. The molecular formula is C28H28O7. The number of cyclic esters (lactones) is 2. The maximum Gasteiger partial charge on any atom is 0.333 e. The summed E-state index contributed by atoms with van der Waals surface area (Å²) in [5.41, 5.74) is 3.01. The first-order valence-electron chi connectivity index (χ1n) is 11.9. The lowest BCUT2D eigenvalue weighted by Gasteiger charge is -2.53. The number of esters is 3. The molecule has 7 nitrogen and oxygen atoms in total. The van der Waals surface area contributed by atoms with Crippen LogP contribution in [0.25, 0.3) is 0 Å². The van der Waals surface area contributed by atoms with Gasteiger partial charge in [0.2, 0.25) is 0 Å². The van der Waals surface area contributed by atoms with E-state index < -0.39 is 35.3 Å². The van der Waals surface area contributed by atoms with Crippen LogP contribution in [-0.2, 0) is 38.9 Å². The summed E-state index contributed by atoms with van der Waals surface area (Å²) in [5, 5.41) is 0. The molecule has 1 saturated heterocycles. The third-order valence-corrected chi connectivity index (χ3v) is 7.09. The van der Waals surface area contributed by atoms with E-state index in [2.05, 4.69) is 6.58 Å². The van der Waals surface area contributed by atoms with Crippen molar-refractivity contribution in [1.29, 1.82) is 0 Å². The molecule has 0 saturated carbocycles. The fourth-order valence-electron chi connectivity index (χ4n) is 5.68. The quantitative estimate of drug-likeness (QED) is 0.236. The van der Waals surface area contributed by atoms with Crippen LogP contribution in [0.15, 0.2) is 60.7 Å². The fourth-order valence-corrected chi connectivity index (χ4v) is 5.68. The first-order chi connectivity index (χ1) is 16.9. The Morgan fingerprint density at radius 3 is 2.29 bits per heavy atom. The molecule has 0 spiro atoms. The number of rotatable bonds is 9. The lowest BCUT2D eigenvalue weighted by atomic mass is 9.52. The summed E-state index contributed by atoms with van der Waals surface area (Å²) < 4.78 is 22.8. The van der Waals surface area contributed by atoms with Crippen molar-refractivity contribution in [3.8, 4) is 0 Å². The summed E-state index contributed by atoms with van der Waals surface area (Å²) in [7, 11) is 0. The summed E-state index contributed by atoms with van der Waals surface area (Å²) in [6.07, 6.45) is 0.236. The topological polar surface area (TPSA) is 88.1 Å². The zero-order valence-electron chi connectivity index (χ0n) is 19.8. The molecule has 0 N–H and O–H groups in total. The third-order valence-electron chi connectivity index (χ3n) is 7.09. The molecule has 4 aliphatic rings. The minimum absolute atomic E-state index is 0.198. The second kappa shape index (κ2) is 9.06. The zero-order chi connectivity index (χ0) is 24.7. The first-order valence-corrected chi connectivity index (χ1v) is 11.9. The summed E-state index contributed by atoms with van der Waals surface area (Å²) in [6, 6.07) is 15.7. The maximum absolute atomic E-state index is 13.0. The number of hydrogen-bond acceptors (Lipinski definition) is 7. The van der Waals surface area contributed by atoms with Gasteiger partial charge in [0.1, 0.15) is 11.5 Å². The number of ether oxygens (including phenoxy) is 4. The van der Waals surface area contributed by atoms with Gasteiger partial charge in [0.05, 0.1) is 31.8 Å². The van der Waals surface area contributed by atoms with E-state index in [4.69, 9.17) is 18.9 Å². The second-order valence-corrected chi connectivity index (χ2v) is 9.39. The monoisotopic (exact) mass is 476 g/mol.